The van der Waals surface area contributed by atoms with E-state index in [1.165, 1.54) is 24.9 Å². The Morgan fingerprint density at radius 3 is 2.39 bits per heavy atom. The maximum Gasteiger partial charge on any atom is 0.0569 e. The summed E-state index contributed by atoms with van der Waals surface area (Å²) in [6, 6.07) is 4.68. The lowest BCUT2D eigenvalue weighted by Gasteiger charge is -2.29. The molecule has 0 aliphatic rings. The highest BCUT2D eigenvalue weighted by atomic mass is 15.2. The van der Waals surface area contributed by atoms with Crippen LogP contribution in [-0.2, 0) is 0 Å². The molecule has 0 unspecified atom stereocenters. The van der Waals surface area contributed by atoms with Crippen molar-refractivity contribution < 1.29 is 0 Å². The Bertz CT molecular complexity index is 330. The Morgan fingerprint density at radius 1 is 1.22 bits per heavy atom. The molecular formula is C15H27N3. The average Bonchev–Trinajstić information content (AvgIpc) is 2.34. The first-order valence-electron chi connectivity index (χ1n) is 7.04. The third-order valence-corrected chi connectivity index (χ3v) is 3.19. The molecule has 0 bridgehead atoms. The monoisotopic (exact) mass is 249 g/mol. The Kier molecular flexibility index (Phi) is 6.13. The van der Waals surface area contributed by atoms with Gasteiger partial charge in [-0.3, -0.25) is 4.98 Å². The van der Waals surface area contributed by atoms with Crippen LogP contribution in [0, 0.1) is 0 Å². The highest BCUT2D eigenvalue weighted by Gasteiger charge is 2.11. The van der Waals surface area contributed by atoms with Crippen molar-refractivity contribution in [3.8, 4) is 0 Å². The number of nitrogens with two attached hydrogens (primary N) is 1. The maximum absolute atomic E-state index is 5.82. The molecule has 1 rings (SSSR count). The van der Waals surface area contributed by atoms with Gasteiger partial charge >= 0.3 is 0 Å². The van der Waals surface area contributed by atoms with Crippen molar-refractivity contribution in [1.29, 1.82) is 0 Å². The highest BCUT2D eigenvalue weighted by Crippen LogP contribution is 2.18. The second kappa shape index (κ2) is 7.37. The third-order valence-electron chi connectivity index (χ3n) is 3.19. The topological polar surface area (TPSA) is 42.1 Å². The van der Waals surface area contributed by atoms with Crippen molar-refractivity contribution in [2.45, 2.75) is 59.0 Å². The second-order valence-corrected chi connectivity index (χ2v) is 5.22. The Balaban J connectivity index is 2.72. The summed E-state index contributed by atoms with van der Waals surface area (Å²) in [7, 11) is 0. The number of hydrogen-bond acceptors (Lipinski definition) is 3. The molecule has 0 aliphatic carbocycles. The van der Waals surface area contributed by atoms with E-state index in [2.05, 4.69) is 36.7 Å². The number of rotatable bonds is 7. The van der Waals surface area contributed by atoms with Gasteiger partial charge in [0.15, 0.2) is 0 Å². The largest absolute Gasteiger partial charge is 0.368 e. The lowest BCUT2D eigenvalue weighted by molar-refractivity contribution is 0.624. The van der Waals surface area contributed by atoms with E-state index in [0.29, 0.717) is 6.04 Å². The molecule has 0 aromatic carbocycles. The molecule has 3 nitrogen and oxygen atoms in total. The van der Waals surface area contributed by atoms with Crippen LogP contribution in [0.2, 0.25) is 0 Å². The van der Waals surface area contributed by atoms with Crippen LogP contribution in [0.15, 0.2) is 18.3 Å². The second-order valence-electron chi connectivity index (χ2n) is 5.22. The number of unbranched alkanes of at least 4 members (excludes halogenated alkanes) is 2. The van der Waals surface area contributed by atoms with Crippen LogP contribution in [-0.4, -0.2) is 17.6 Å². The molecule has 1 atom stereocenters. The van der Waals surface area contributed by atoms with E-state index in [1.54, 1.807) is 0 Å². The SMILES string of the molecule is CCCCCN(c1ccc([C@@H](C)N)nc1)C(C)C. The summed E-state index contributed by atoms with van der Waals surface area (Å²) >= 11 is 0. The minimum Gasteiger partial charge on any atom is -0.368 e. The predicted octanol–water partition coefficient (Wildman–Crippen LogP) is 3.51. The van der Waals surface area contributed by atoms with Crippen molar-refractivity contribution in [1.82, 2.24) is 4.98 Å². The lowest BCUT2D eigenvalue weighted by Crippen LogP contribution is -2.31. The fourth-order valence-electron chi connectivity index (χ4n) is 2.05. The molecule has 0 spiro atoms. The van der Waals surface area contributed by atoms with Gasteiger partial charge < -0.3 is 10.6 Å². The maximum atomic E-state index is 5.82. The van der Waals surface area contributed by atoms with Crippen LogP contribution in [0.3, 0.4) is 0 Å². The molecule has 1 aromatic heterocycles. The molecule has 0 saturated heterocycles. The molecule has 1 aromatic rings. The summed E-state index contributed by atoms with van der Waals surface area (Å²) in [4.78, 5) is 6.85. The molecular weight excluding hydrogens is 222 g/mol. The summed E-state index contributed by atoms with van der Waals surface area (Å²) in [6.07, 6.45) is 5.73. The fraction of sp³-hybridized carbons (Fsp3) is 0.667. The van der Waals surface area contributed by atoms with Gasteiger partial charge in [-0.25, -0.2) is 0 Å². The smallest absolute Gasteiger partial charge is 0.0569 e. The standard InChI is InChI=1S/C15H27N3/c1-5-6-7-10-18(12(2)3)14-8-9-15(13(4)16)17-11-14/h8-9,11-13H,5-7,10,16H2,1-4H3/t13-/m1/s1. The highest BCUT2D eigenvalue weighted by molar-refractivity contribution is 5.45. The summed E-state index contributed by atoms with van der Waals surface area (Å²) in [5.74, 6) is 0. The fourth-order valence-corrected chi connectivity index (χ4v) is 2.05. The molecule has 0 fully saturated rings. The summed E-state index contributed by atoms with van der Waals surface area (Å²) in [6.45, 7) is 9.75. The van der Waals surface area contributed by atoms with Gasteiger partial charge in [-0.05, 0) is 39.3 Å². The zero-order chi connectivity index (χ0) is 13.5. The zero-order valence-corrected chi connectivity index (χ0v) is 12.2. The van der Waals surface area contributed by atoms with Gasteiger partial charge in [0.05, 0.1) is 17.6 Å². The number of anilines is 1. The van der Waals surface area contributed by atoms with Gasteiger partial charge in [0, 0.05) is 18.6 Å². The third kappa shape index (κ3) is 4.30. The minimum absolute atomic E-state index is 0.00615. The van der Waals surface area contributed by atoms with Crippen molar-refractivity contribution in [3.63, 3.8) is 0 Å². The molecule has 0 saturated carbocycles. The minimum atomic E-state index is 0.00615. The van der Waals surface area contributed by atoms with Gasteiger partial charge in [-0.2, -0.15) is 0 Å². The van der Waals surface area contributed by atoms with Crippen LogP contribution in [0.25, 0.3) is 0 Å². The van der Waals surface area contributed by atoms with Crippen LogP contribution in [0.5, 0.6) is 0 Å². The molecule has 1 heterocycles. The van der Waals surface area contributed by atoms with Gasteiger partial charge in [-0.15, -0.1) is 0 Å². The van der Waals surface area contributed by atoms with E-state index in [4.69, 9.17) is 5.73 Å². The Labute approximate surface area is 111 Å². The molecule has 0 aliphatic heterocycles. The lowest BCUT2D eigenvalue weighted by atomic mass is 10.2. The summed E-state index contributed by atoms with van der Waals surface area (Å²) in [5, 5.41) is 0. The number of nitrogens with zero attached hydrogens (tertiary/aromatic N) is 2. The number of aromatic nitrogens is 1. The normalized spacial score (nSPS) is 12.8. The van der Waals surface area contributed by atoms with Gasteiger partial charge in [0.2, 0.25) is 0 Å². The molecule has 18 heavy (non-hydrogen) atoms. The van der Waals surface area contributed by atoms with Crippen molar-refractivity contribution in [2.75, 3.05) is 11.4 Å². The van der Waals surface area contributed by atoms with E-state index in [1.807, 2.05) is 19.2 Å². The quantitative estimate of drug-likeness (QED) is 0.752. The summed E-state index contributed by atoms with van der Waals surface area (Å²) in [5.41, 5.74) is 7.98. The molecule has 2 N–H and O–H groups in total. The number of pyridine rings is 1. The molecule has 0 amide bonds. The first-order chi connectivity index (χ1) is 8.56. The molecule has 0 radical (unpaired) electrons. The van der Waals surface area contributed by atoms with Crippen LogP contribution in [0.4, 0.5) is 5.69 Å². The first-order valence-corrected chi connectivity index (χ1v) is 7.04. The van der Waals surface area contributed by atoms with E-state index in [0.717, 1.165) is 12.2 Å². The summed E-state index contributed by atoms with van der Waals surface area (Å²) < 4.78 is 0. The van der Waals surface area contributed by atoms with Crippen LogP contribution < -0.4 is 10.6 Å². The first kappa shape index (κ1) is 15.0. The van der Waals surface area contributed by atoms with Gasteiger partial charge in [-0.1, -0.05) is 19.8 Å². The Hall–Kier alpha value is -1.09. The van der Waals surface area contributed by atoms with E-state index in [-0.39, 0.29) is 6.04 Å². The Morgan fingerprint density at radius 2 is 1.94 bits per heavy atom. The van der Waals surface area contributed by atoms with E-state index >= 15 is 0 Å². The van der Waals surface area contributed by atoms with Gasteiger partial charge in [0.25, 0.3) is 0 Å². The van der Waals surface area contributed by atoms with E-state index in [9.17, 15) is 0 Å². The van der Waals surface area contributed by atoms with Crippen LogP contribution >= 0.6 is 0 Å². The number of hydrogen-bond donors (Lipinski definition) is 1. The van der Waals surface area contributed by atoms with Crippen molar-refractivity contribution >= 4 is 5.69 Å². The molecule has 3 heteroatoms. The molecule has 102 valence electrons. The van der Waals surface area contributed by atoms with E-state index < -0.39 is 0 Å². The van der Waals surface area contributed by atoms with Gasteiger partial charge in [0.1, 0.15) is 0 Å². The average molecular weight is 249 g/mol. The van der Waals surface area contributed by atoms with Crippen LogP contribution in [0.1, 0.15) is 58.7 Å². The predicted molar refractivity (Wildman–Crippen MR) is 78.8 cm³/mol. The van der Waals surface area contributed by atoms with Crippen molar-refractivity contribution in [2.24, 2.45) is 5.73 Å². The zero-order valence-electron chi connectivity index (χ0n) is 12.2. The van der Waals surface area contributed by atoms with Crippen molar-refractivity contribution in [3.05, 3.63) is 24.0 Å².